The van der Waals surface area contributed by atoms with Crippen LogP contribution < -0.4 is 0 Å². The maximum atomic E-state index is 5.65. The first kappa shape index (κ1) is 35.9. The van der Waals surface area contributed by atoms with Gasteiger partial charge in [0.15, 0.2) is 0 Å². The van der Waals surface area contributed by atoms with Gasteiger partial charge in [0.05, 0.1) is 0 Å². The predicted octanol–water partition coefficient (Wildman–Crippen LogP) is 11.4. The third kappa shape index (κ3) is 15.9. The SMILES string of the molecule is CC.CC.CC.CC.CC.CC.c1ccc2c(c1)oc1ccccc12.c1ccccc1. The van der Waals surface area contributed by atoms with Crippen LogP contribution in [0.4, 0.5) is 0 Å². The zero-order valence-electron chi connectivity index (χ0n) is 22.5. The number of rotatable bonds is 0. The topological polar surface area (TPSA) is 13.1 Å². The molecule has 0 amide bonds. The fourth-order valence-corrected chi connectivity index (χ4v) is 2.06. The van der Waals surface area contributed by atoms with E-state index < -0.39 is 0 Å². The molecule has 0 aliphatic heterocycles. The maximum Gasteiger partial charge on any atom is 0.135 e. The molecule has 4 rings (SSSR count). The molecule has 0 aliphatic carbocycles. The number of benzene rings is 3. The first-order valence-electron chi connectivity index (χ1n) is 12.3. The Balaban J connectivity index is -0.000000173. The predicted molar refractivity (Wildman–Crippen MR) is 148 cm³/mol. The molecule has 0 radical (unpaired) electrons. The van der Waals surface area contributed by atoms with Gasteiger partial charge in [0.2, 0.25) is 0 Å². The van der Waals surface area contributed by atoms with Crippen LogP contribution in [0, 0.1) is 0 Å². The normalized spacial score (nSPS) is 7.35. The third-order valence-electron chi connectivity index (χ3n) is 2.95. The van der Waals surface area contributed by atoms with E-state index in [1.165, 1.54) is 10.8 Å². The average molecular weight is 427 g/mol. The van der Waals surface area contributed by atoms with Crippen molar-refractivity contribution in [3.05, 3.63) is 84.9 Å². The zero-order valence-corrected chi connectivity index (χ0v) is 22.5. The van der Waals surface area contributed by atoms with Crippen molar-refractivity contribution in [2.75, 3.05) is 0 Å². The molecule has 176 valence electrons. The molecule has 31 heavy (non-hydrogen) atoms. The van der Waals surface area contributed by atoms with Crippen molar-refractivity contribution in [2.45, 2.75) is 83.1 Å². The first-order valence-corrected chi connectivity index (χ1v) is 12.3. The van der Waals surface area contributed by atoms with Crippen LogP contribution in [-0.2, 0) is 0 Å². The fraction of sp³-hybridized carbons (Fsp3) is 0.400. The molecule has 1 heteroatoms. The molecule has 0 N–H and O–H groups in total. The molecular weight excluding hydrogens is 376 g/mol. The molecule has 3 aromatic carbocycles. The second kappa shape index (κ2) is 32.1. The highest BCUT2D eigenvalue weighted by molar-refractivity contribution is 6.04. The van der Waals surface area contributed by atoms with Crippen molar-refractivity contribution in [1.82, 2.24) is 0 Å². The highest BCUT2D eigenvalue weighted by atomic mass is 16.3. The van der Waals surface area contributed by atoms with Crippen LogP contribution in [0.25, 0.3) is 21.9 Å². The van der Waals surface area contributed by atoms with Crippen molar-refractivity contribution in [3.8, 4) is 0 Å². The van der Waals surface area contributed by atoms with Crippen LogP contribution in [0.5, 0.6) is 0 Å². The monoisotopic (exact) mass is 426 g/mol. The van der Waals surface area contributed by atoms with E-state index in [0.29, 0.717) is 0 Å². The van der Waals surface area contributed by atoms with Gasteiger partial charge in [-0.1, -0.05) is 156 Å². The van der Waals surface area contributed by atoms with Crippen LogP contribution >= 0.6 is 0 Å². The third-order valence-corrected chi connectivity index (χ3v) is 2.95. The molecule has 4 aromatic rings. The Labute approximate surface area is 194 Å². The Bertz CT molecular complexity index is 693. The minimum Gasteiger partial charge on any atom is -0.456 e. The van der Waals surface area contributed by atoms with Gasteiger partial charge < -0.3 is 4.42 Å². The summed E-state index contributed by atoms with van der Waals surface area (Å²) in [4.78, 5) is 0. The summed E-state index contributed by atoms with van der Waals surface area (Å²) in [5.41, 5.74) is 1.92. The quantitative estimate of drug-likeness (QED) is 0.272. The molecular formula is C30H50O. The Hall–Kier alpha value is -2.54. The van der Waals surface area contributed by atoms with Crippen LogP contribution in [-0.4, -0.2) is 0 Å². The van der Waals surface area contributed by atoms with Gasteiger partial charge in [-0.05, 0) is 12.1 Å². The van der Waals surface area contributed by atoms with E-state index >= 15 is 0 Å². The van der Waals surface area contributed by atoms with Crippen LogP contribution in [0.3, 0.4) is 0 Å². The summed E-state index contributed by atoms with van der Waals surface area (Å²) in [5.74, 6) is 0. The molecule has 1 aromatic heterocycles. The van der Waals surface area contributed by atoms with Gasteiger partial charge in [-0.2, -0.15) is 0 Å². The lowest BCUT2D eigenvalue weighted by atomic mass is 10.2. The number of fused-ring (bicyclic) bond motifs is 3. The average Bonchev–Trinajstić information content (AvgIpc) is 3.31. The van der Waals surface area contributed by atoms with Crippen molar-refractivity contribution in [1.29, 1.82) is 0 Å². The minimum absolute atomic E-state index is 0.962. The van der Waals surface area contributed by atoms with Gasteiger partial charge >= 0.3 is 0 Å². The number of furan rings is 1. The summed E-state index contributed by atoms with van der Waals surface area (Å²) in [7, 11) is 0. The highest BCUT2D eigenvalue weighted by Crippen LogP contribution is 2.27. The van der Waals surface area contributed by atoms with Crippen LogP contribution in [0.2, 0.25) is 0 Å². The van der Waals surface area contributed by atoms with Crippen molar-refractivity contribution >= 4 is 21.9 Å². The standard InChI is InChI=1S/C12H8O.C6H6.6C2H6/c1-3-7-11-9(5-1)10-6-2-4-8-12(10)13-11;1-2-4-6-5-3-1;6*1-2/h1-8H;1-6H;6*1-2H3. The summed E-state index contributed by atoms with van der Waals surface area (Å²) in [5, 5.41) is 2.39. The molecule has 0 saturated heterocycles. The first-order chi connectivity index (χ1) is 15.4. The van der Waals surface area contributed by atoms with Gasteiger partial charge in [0, 0.05) is 10.8 Å². The Morgan fingerprint density at radius 1 is 0.323 bits per heavy atom. The fourth-order valence-electron chi connectivity index (χ4n) is 2.06. The molecule has 1 heterocycles. The zero-order chi connectivity index (χ0) is 24.9. The van der Waals surface area contributed by atoms with Crippen LogP contribution in [0.1, 0.15) is 83.1 Å². The van der Waals surface area contributed by atoms with Gasteiger partial charge in [0.25, 0.3) is 0 Å². The van der Waals surface area contributed by atoms with Crippen molar-refractivity contribution < 1.29 is 4.42 Å². The molecule has 0 unspecified atom stereocenters. The van der Waals surface area contributed by atoms with Crippen molar-refractivity contribution in [2.24, 2.45) is 0 Å². The second-order valence-electron chi connectivity index (χ2n) is 4.25. The van der Waals surface area contributed by atoms with Gasteiger partial charge in [0.1, 0.15) is 11.2 Å². The molecule has 0 spiro atoms. The molecule has 0 atom stereocenters. The summed E-state index contributed by atoms with van der Waals surface area (Å²) >= 11 is 0. The Morgan fingerprint density at radius 3 is 0.806 bits per heavy atom. The molecule has 1 nitrogen and oxygen atoms in total. The van der Waals surface area contributed by atoms with E-state index in [-0.39, 0.29) is 0 Å². The molecule has 0 fully saturated rings. The van der Waals surface area contributed by atoms with Gasteiger partial charge in [-0.25, -0.2) is 0 Å². The summed E-state index contributed by atoms with van der Waals surface area (Å²) in [6.07, 6.45) is 0. The van der Waals surface area contributed by atoms with E-state index in [0.717, 1.165) is 11.2 Å². The summed E-state index contributed by atoms with van der Waals surface area (Å²) in [6.45, 7) is 24.0. The summed E-state index contributed by atoms with van der Waals surface area (Å²) in [6, 6.07) is 28.2. The number of hydrogen-bond donors (Lipinski definition) is 0. The largest absolute Gasteiger partial charge is 0.456 e. The lowest BCUT2D eigenvalue weighted by Crippen LogP contribution is -1.62. The lowest BCUT2D eigenvalue weighted by Gasteiger charge is -1.85. The van der Waals surface area contributed by atoms with Crippen molar-refractivity contribution in [3.63, 3.8) is 0 Å². The highest BCUT2D eigenvalue weighted by Gasteiger charge is 2.03. The minimum atomic E-state index is 0.962. The summed E-state index contributed by atoms with van der Waals surface area (Å²) < 4.78 is 5.65. The van der Waals surface area contributed by atoms with E-state index in [2.05, 4.69) is 12.1 Å². The second-order valence-corrected chi connectivity index (χ2v) is 4.25. The molecule has 0 aliphatic rings. The lowest BCUT2D eigenvalue weighted by molar-refractivity contribution is 0.669. The van der Waals surface area contributed by atoms with Gasteiger partial charge in [-0.3, -0.25) is 0 Å². The smallest absolute Gasteiger partial charge is 0.135 e. The molecule has 0 bridgehead atoms. The van der Waals surface area contributed by atoms with Crippen LogP contribution in [0.15, 0.2) is 89.3 Å². The van der Waals surface area contributed by atoms with E-state index in [1.807, 2.05) is 156 Å². The van der Waals surface area contributed by atoms with E-state index in [1.54, 1.807) is 0 Å². The van der Waals surface area contributed by atoms with Gasteiger partial charge in [-0.15, -0.1) is 0 Å². The number of para-hydroxylation sites is 2. The van der Waals surface area contributed by atoms with E-state index in [4.69, 9.17) is 4.42 Å². The Morgan fingerprint density at radius 2 is 0.548 bits per heavy atom. The maximum absolute atomic E-state index is 5.65. The Kier molecular flexibility index (Phi) is 37.2. The molecule has 0 saturated carbocycles. The van der Waals surface area contributed by atoms with E-state index in [9.17, 15) is 0 Å². The number of hydrogen-bond acceptors (Lipinski definition) is 1.